The number of pyridine rings is 1. The lowest BCUT2D eigenvalue weighted by Crippen LogP contribution is -2.16. The third kappa shape index (κ3) is 5.20. The molecule has 0 aliphatic rings. The van der Waals surface area contributed by atoms with Crippen molar-refractivity contribution in [2.24, 2.45) is 0 Å². The van der Waals surface area contributed by atoms with Crippen molar-refractivity contribution < 1.29 is 17.9 Å². The van der Waals surface area contributed by atoms with Crippen LogP contribution in [0.15, 0.2) is 46.9 Å². The number of benzene rings is 1. The van der Waals surface area contributed by atoms with Crippen molar-refractivity contribution in [1.29, 1.82) is 0 Å². The maximum Gasteiger partial charge on any atom is 0.573 e. The van der Waals surface area contributed by atoms with Crippen molar-refractivity contribution in [2.45, 2.75) is 16.5 Å². The summed E-state index contributed by atoms with van der Waals surface area (Å²) >= 11 is 1.53. The normalized spacial score (nSPS) is 11.8. The minimum atomic E-state index is -4.66. The largest absolute Gasteiger partial charge is 0.573 e. The van der Waals surface area contributed by atoms with Gasteiger partial charge in [0.1, 0.15) is 16.1 Å². The number of thiazole rings is 1. The van der Waals surface area contributed by atoms with E-state index in [1.54, 1.807) is 49.7 Å². The zero-order valence-corrected chi connectivity index (χ0v) is 15.1. The first-order valence-electron chi connectivity index (χ1n) is 6.52. The SMILES string of the molecule is FC(F)(F)Oc1ccc(CSSSc2nc3cccnc3s2)cc1. The molecule has 2 heterocycles. The number of hydrogen-bond donors (Lipinski definition) is 0. The highest BCUT2D eigenvalue weighted by Gasteiger charge is 2.30. The third-order valence-electron chi connectivity index (χ3n) is 2.68. The molecule has 0 bridgehead atoms. The fourth-order valence-electron chi connectivity index (χ4n) is 1.72. The quantitative estimate of drug-likeness (QED) is 0.359. The average molecular weight is 407 g/mol. The lowest BCUT2D eigenvalue weighted by molar-refractivity contribution is -0.274. The van der Waals surface area contributed by atoms with Gasteiger partial charge in [-0.05, 0) is 50.4 Å². The number of ether oxygens (including phenoxy) is 1. The van der Waals surface area contributed by atoms with Gasteiger partial charge in [0.05, 0.1) is 0 Å². The Labute approximate surface area is 151 Å². The molecule has 0 saturated heterocycles. The number of hydrogen-bond acceptors (Lipinski definition) is 7. The second kappa shape index (κ2) is 7.85. The summed E-state index contributed by atoms with van der Waals surface area (Å²) in [6, 6.07) is 9.67. The van der Waals surface area contributed by atoms with E-state index in [2.05, 4.69) is 14.7 Å². The minimum Gasteiger partial charge on any atom is -0.406 e. The third-order valence-corrected chi connectivity index (χ3v) is 7.92. The van der Waals surface area contributed by atoms with Gasteiger partial charge in [-0.2, -0.15) is 0 Å². The van der Waals surface area contributed by atoms with Gasteiger partial charge in [0.25, 0.3) is 0 Å². The summed E-state index contributed by atoms with van der Waals surface area (Å²) in [5.74, 6) is 0.466. The highest BCUT2D eigenvalue weighted by atomic mass is 33.5. The first kappa shape index (κ1) is 17.7. The van der Waals surface area contributed by atoms with E-state index in [9.17, 15) is 13.2 Å². The van der Waals surface area contributed by atoms with Crippen LogP contribution in [-0.2, 0) is 5.75 Å². The van der Waals surface area contributed by atoms with Crippen LogP contribution in [0.25, 0.3) is 10.3 Å². The van der Waals surface area contributed by atoms with Gasteiger partial charge in [-0.25, -0.2) is 9.97 Å². The molecule has 24 heavy (non-hydrogen) atoms. The topological polar surface area (TPSA) is 35.0 Å². The molecule has 1 aromatic carbocycles. The summed E-state index contributed by atoms with van der Waals surface area (Å²) in [6.45, 7) is 0. The van der Waals surface area contributed by atoms with Crippen molar-refractivity contribution in [3.8, 4) is 5.75 Å². The van der Waals surface area contributed by atoms with Crippen molar-refractivity contribution in [1.82, 2.24) is 9.97 Å². The summed E-state index contributed by atoms with van der Waals surface area (Å²) in [7, 11) is 4.72. The molecule has 0 unspecified atom stereocenters. The molecule has 0 radical (unpaired) electrons. The van der Waals surface area contributed by atoms with Gasteiger partial charge in [-0.15, -0.1) is 13.2 Å². The van der Waals surface area contributed by atoms with Gasteiger partial charge in [-0.1, -0.05) is 34.3 Å². The Hall–Kier alpha value is -1.10. The number of fused-ring (bicyclic) bond motifs is 1. The van der Waals surface area contributed by atoms with E-state index in [1.807, 2.05) is 12.1 Å². The Morgan fingerprint density at radius 1 is 1.12 bits per heavy atom. The van der Waals surface area contributed by atoms with Crippen LogP contribution >= 0.6 is 42.8 Å². The lowest BCUT2D eigenvalue weighted by Gasteiger charge is -2.08. The van der Waals surface area contributed by atoms with Crippen molar-refractivity contribution in [3.05, 3.63) is 48.2 Å². The number of alkyl halides is 3. The van der Waals surface area contributed by atoms with Crippen molar-refractivity contribution in [2.75, 3.05) is 0 Å². The van der Waals surface area contributed by atoms with Crippen molar-refractivity contribution >= 4 is 53.1 Å². The monoisotopic (exact) mass is 406 g/mol. The van der Waals surface area contributed by atoms with Crippen LogP contribution in [0.4, 0.5) is 13.2 Å². The maximum atomic E-state index is 12.1. The Bertz CT molecular complexity index is 775. The smallest absolute Gasteiger partial charge is 0.406 e. The summed E-state index contributed by atoms with van der Waals surface area (Å²) in [5, 5.41) is 0. The summed E-state index contributed by atoms with van der Waals surface area (Å²) in [5.41, 5.74) is 1.81. The standard InChI is InChI=1S/C14H9F3N2OS4/c15-14(16,17)20-10-5-3-9(4-6-10)8-21-24-23-13-19-11-2-1-7-18-12(11)22-13/h1-7H,8H2. The molecule has 0 aliphatic carbocycles. The molecule has 3 nitrogen and oxygen atoms in total. The molecule has 0 N–H and O–H groups in total. The predicted molar refractivity (Wildman–Crippen MR) is 95.3 cm³/mol. The van der Waals surface area contributed by atoms with Gasteiger partial charge < -0.3 is 4.74 Å². The Balaban J connectivity index is 1.46. The second-order valence-corrected chi connectivity index (χ2v) is 9.70. The molecule has 2 aromatic heterocycles. The number of rotatable bonds is 6. The lowest BCUT2D eigenvalue weighted by atomic mass is 10.2. The zero-order chi connectivity index (χ0) is 17.0. The molecule has 0 atom stereocenters. The van der Waals surface area contributed by atoms with Crippen LogP contribution in [-0.4, -0.2) is 16.3 Å². The molecule has 0 spiro atoms. The van der Waals surface area contributed by atoms with E-state index in [-0.39, 0.29) is 5.75 Å². The fourth-order valence-corrected chi connectivity index (χ4v) is 6.78. The molecule has 3 rings (SSSR count). The van der Waals surface area contributed by atoms with Gasteiger partial charge >= 0.3 is 6.36 Å². The number of aromatic nitrogens is 2. The number of nitrogens with zero attached hydrogens (tertiary/aromatic N) is 2. The molecular weight excluding hydrogens is 397 g/mol. The summed E-state index contributed by atoms with van der Waals surface area (Å²) < 4.78 is 41.0. The highest BCUT2D eigenvalue weighted by molar-refractivity contribution is 9.09. The van der Waals surface area contributed by atoms with E-state index in [0.717, 1.165) is 20.3 Å². The molecule has 3 aromatic rings. The Morgan fingerprint density at radius 3 is 2.62 bits per heavy atom. The minimum absolute atomic E-state index is 0.208. The molecule has 126 valence electrons. The first-order valence-corrected chi connectivity index (χ1v) is 11.0. The van der Waals surface area contributed by atoms with Gasteiger partial charge in [-0.3, -0.25) is 0 Å². The fraction of sp³-hybridized carbons (Fsp3) is 0.143. The van der Waals surface area contributed by atoms with Crippen molar-refractivity contribution in [3.63, 3.8) is 0 Å². The molecule has 0 saturated carbocycles. The first-order chi connectivity index (χ1) is 11.5. The molecule has 0 amide bonds. The molecular formula is C14H9F3N2OS4. The van der Waals surface area contributed by atoms with Crippen LogP contribution in [0.3, 0.4) is 0 Å². The molecule has 0 fully saturated rings. The van der Waals surface area contributed by atoms with E-state index in [4.69, 9.17) is 0 Å². The Kier molecular flexibility index (Phi) is 5.80. The van der Waals surface area contributed by atoms with Crippen LogP contribution in [0.2, 0.25) is 0 Å². The van der Waals surface area contributed by atoms with Crippen LogP contribution < -0.4 is 4.74 Å². The van der Waals surface area contributed by atoms with E-state index < -0.39 is 6.36 Å². The van der Waals surface area contributed by atoms with Gasteiger partial charge in [0.15, 0.2) is 4.34 Å². The van der Waals surface area contributed by atoms with E-state index in [0.29, 0.717) is 5.75 Å². The van der Waals surface area contributed by atoms with E-state index >= 15 is 0 Å². The average Bonchev–Trinajstić information content (AvgIpc) is 2.94. The summed E-state index contributed by atoms with van der Waals surface area (Å²) in [6.07, 6.45) is -2.92. The Morgan fingerprint density at radius 2 is 1.92 bits per heavy atom. The zero-order valence-electron chi connectivity index (χ0n) is 11.8. The van der Waals surface area contributed by atoms with E-state index in [1.165, 1.54) is 23.5 Å². The molecule has 10 heteroatoms. The number of halogens is 3. The second-order valence-electron chi connectivity index (χ2n) is 4.41. The highest BCUT2D eigenvalue weighted by Crippen LogP contribution is 2.44. The summed E-state index contributed by atoms with van der Waals surface area (Å²) in [4.78, 5) is 9.62. The predicted octanol–water partition coefficient (Wildman–Crippen LogP) is 6.18. The van der Waals surface area contributed by atoms with Gasteiger partial charge in [0.2, 0.25) is 0 Å². The van der Waals surface area contributed by atoms with Crippen LogP contribution in [0.5, 0.6) is 5.75 Å². The molecule has 0 aliphatic heterocycles. The van der Waals surface area contributed by atoms with Crippen LogP contribution in [0, 0.1) is 0 Å². The van der Waals surface area contributed by atoms with Crippen LogP contribution in [0.1, 0.15) is 5.56 Å². The van der Waals surface area contributed by atoms with Gasteiger partial charge in [0, 0.05) is 11.9 Å². The maximum absolute atomic E-state index is 12.1.